The molecule has 0 saturated carbocycles. The van der Waals surface area contributed by atoms with E-state index in [-0.39, 0.29) is 25.2 Å². The lowest BCUT2D eigenvalue weighted by atomic mass is 9.93. The van der Waals surface area contributed by atoms with Crippen molar-refractivity contribution in [2.45, 2.75) is 12.6 Å². The third-order valence-electron chi connectivity index (χ3n) is 7.68. The van der Waals surface area contributed by atoms with Crippen molar-refractivity contribution in [3.8, 4) is 28.5 Å². The molecule has 0 spiro atoms. The molecule has 0 unspecified atom stereocenters. The molecule has 7 rings (SSSR count). The summed E-state index contributed by atoms with van der Waals surface area (Å²) in [4.78, 5) is 32.4. The van der Waals surface area contributed by atoms with Crippen molar-refractivity contribution < 1.29 is 23.8 Å². The maximum absolute atomic E-state index is 13.8. The largest absolute Gasteiger partial charge is 0.497 e. The van der Waals surface area contributed by atoms with Gasteiger partial charge in [0.1, 0.15) is 12.3 Å². The van der Waals surface area contributed by atoms with Crippen LogP contribution in [-0.2, 0) is 11.3 Å². The standard InChI is InChI=1S/C33H27N3O5/c1-39-22-8-6-7-21(16-22)31-30(25-11-4-5-12-26(25)35-31)32-23-9-2-3-10-24(23)33(38)36(32)18-29(37)34-17-20-13-14-27-28(15-20)41-19-40-27/h2-16,32,35H,17-19H2,1H3,(H,34,37)/t32-/m0/s1. The van der Waals surface area contributed by atoms with Gasteiger partial charge in [-0.2, -0.15) is 0 Å². The Morgan fingerprint density at radius 2 is 1.80 bits per heavy atom. The average molecular weight is 546 g/mol. The Morgan fingerprint density at radius 3 is 2.71 bits per heavy atom. The van der Waals surface area contributed by atoms with Crippen LogP contribution in [0, 0.1) is 0 Å². The van der Waals surface area contributed by atoms with Gasteiger partial charge in [-0.3, -0.25) is 9.59 Å². The summed E-state index contributed by atoms with van der Waals surface area (Å²) in [6, 6.07) is 28.6. The second-order valence-electron chi connectivity index (χ2n) is 10.1. The zero-order valence-corrected chi connectivity index (χ0v) is 22.3. The first-order valence-corrected chi connectivity index (χ1v) is 13.4. The highest BCUT2D eigenvalue weighted by Gasteiger charge is 2.41. The molecule has 3 heterocycles. The van der Waals surface area contributed by atoms with Gasteiger partial charge >= 0.3 is 0 Å². The van der Waals surface area contributed by atoms with E-state index in [1.807, 2.05) is 91.0 Å². The summed E-state index contributed by atoms with van der Waals surface area (Å²) >= 11 is 0. The number of hydrogen-bond acceptors (Lipinski definition) is 5. The Labute approximate surface area is 236 Å². The van der Waals surface area contributed by atoms with Crippen molar-refractivity contribution in [1.29, 1.82) is 0 Å². The maximum Gasteiger partial charge on any atom is 0.255 e. The molecule has 204 valence electrons. The van der Waals surface area contributed by atoms with Gasteiger partial charge < -0.3 is 29.4 Å². The van der Waals surface area contributed by atoms with Crippen molar-refractivity contribution in [2.75, 3.05) is 20.4 Å². The number of aromatic nitrogens is 1. The number of methoxy groups -OCH3 is 1. The molecule has 0 fully saturated rings. The highest BCUT2D eigenvalue weighted by Crippen LogP contribution is 2.45. The summed E-state index contributed by atoms with van der Waals surface area (Å²) in [5.41, 5.74) is 6.05. The summed E-state index contributed by atoms with van der Waals surface area (Å²) in [7, 11) is 1.64. The molecule has 2 amide bonds. The molecule has 1 atom stereocenters. The Kier molecular flexibility index (Phi) is 6.08. The first-order chi connectivity index (χ1) is 20.1. The predicted octanol–water partition coefficient (Wildman–Crippen LogP) is 5.43. The first kappa shape index (κ1) is 24.8. The van der Waals surface area contributed by atoms with E-state index in [4.69, 9.17) is 14.2 Å². The summed E-state index contributed by atoms with van der Waals surface area (Å²) in [6.07, 6.45) is 0. The number of H-pyrrole nitrogens is 1. The van der Waals surface area contributed by atoms with Gasteiger partial charge in [0.25, 0.3) is 5.91 Å². The van der Waals surface area contributed by atoms with Gasteiger partial charge in [-0.15, -0.1) is 0 Å². The van der Waals surface area contributed by atoms with Gasteiger partial charge in [0.15, 0.2) is 11.5 Å². The third kappa shape index (κ3) is 4.34. The van der Waals surface area contributed by atoms with Crippen molar-refractivity contribution in [3.05, 3.63) is 113 Å². The Hall–Kier alpha value is -5.24. The van der Waals surface area contributed by atoms with Gasteiger partial charge in [0.2, 0.25) is 12.7 Å². The van der Waals surface area contributed by atoms with Crippen LogP contribution in [0.3, 0.4) is 0 Å². The third-order valence-corrected chi connectivity index (χ3v) is 7.68. The first-order valence-electron chi connectivity index (χ1n) is 13.4. The Morgan fingerprint density at radius 1 is 0.976 bits per heavy atom. The summed E-state index contributed by atoms with van der Waals surface area (Å²) in [5, 5.41) is 3.97. The van der Waals surface area contributed by atoms with Gasteiger partial charge in [-0.1, -0.05) is 54.6 Å². The number of ether oxygens (including phenoxy) is 3. The highest BCUT2D eigenvalue weighted by molar-refractivity contribution is 6.03. The number of amides is 2. The van der Waals surface area contributed by atoms with Crippen molar-refractivity contribution in [3.63, 3.8) is 0 Å². The van der Waals surface area contributed by atoms with Crippen LogP contribution >= 0.6 is 0 Å². The van der Waals surface area contributed by atoms with Crippen LogP contribution in [0.2, 0.25) is 0 Å². The number of fused-ring (bicyclic) bond motifs is 3. The molecule has 5 aromatic rings. The van der Waals surface area contributed by atoms with E-state index in [0.717, 1.165) is 44.6 Å². The molecule has 2 aliphatic heterocycles. The normalized spacial score (nSPS) is 15.3. The summed E-state index contributed by atoms with van der Waals surface area (Å²) in [6.45, 7) is 0.396. The summed E-state index contributed by atoms with van der Waals surface area (Å²) < 4.78 is 16.3. The smallest absolute Gasteiger partial charge is 0.255 e. The van der Waals surface area contributed by atoms with Crippen LogP contribution in [0.4, 0.5) is 0 Å². The van der Waals surface area contributed by atoms with Gasteiger partial charge in [0.05, 0.1) is 18.8 Å². The number of benzene rings is 4. The molecule has 8 nitrogen and oxygen atoms in total. The molecule has 41 heavy (non-hydrogen) atoms. The maximum atomic E-state index is 13.8. The topological polar surface area (TPSA) is 92.9 Å². The molecule has 0 saturated heterocycles. The SMILES string of the molecule is COc1cccc(-c2[nH]c3ccccc3c2[C@@H]2c3ccccc3C(=O)N2CC(=O)NCc2ccc3c(c2)OCO3)c1. The van der Waals surface area contributed by atoms with Gasteiger partial charge in [-0.05, 0) is 47.5 Å². The number of aromatic amines is 1. The minimum atomic E-state index is -0.465. The zero-order chi connectivity index (χ0) is 27.9. The molecule has 0 bridgehead atoms. The number of hydrogen-bond donors (Lipinski definition) is 2. The number of nitrogens with zero attached hydrogens (tertiary/aromatic N) is 1. The van der Waals surface area contributed by atoms with Crippen LogP contribution in [0.25, 0.3) is 22.2 Å². The van der Waals surface area contributed by atoms with E-state index in [0.29, 0.717) is 23.6 Å². The summed E-state index contributed by atoms with van der Waals surface area (Å²) in [5.74, 6) is 1.65. The van der Waals surface area contributed by atoms with E-state index in [1.165, 1.54) is 0 Å². The lowest BCUT2D eigenvalue weighted by Gasteiger charge is -2.26. The number of rotatable bonds is 7. The van der Waals surface area contributed by atoms with E-state index in [9.17, 15) is 9.59 Å². The van der Waals surface area contributed by atoms with Crippen LogP contribution < -0.4 is 19.5 Å². The number of para-hydroxylation sites is 1. The Bertz CT molecular complexity index is 1810. The quantitative estimate of drug-likeness (QED) is 0.284. The molecule has 2 aliphatic rings. The molecular formula is C33H27N3O5. The van der Waals surface area contributed by atoms with E-state index in [1.54, 1.807) is 12.0 Å². The second-order valence-corrected chi connectivity index (χ2v) is 10.1. The van der Waals surface area contributed by atoms with Crippen LogP contribution in [0.15, 0.2) is 91.0 Å². The molecule has 4 aromatic carbocycles. The number of nitrogens with one attached hydrogen (secondary N) is 2. The van der Waals surface area contributed by atoms with Gasteiger partial charge in [0, 0.05) is 34.1 Å². The molecule has 1 aromatic heterocycles. The number of carbonyl (C=O) groups is 2. The second kappa shape index (κ2) is 10.1. The van der Waals surface area contributed by atoms with Crippen LogP contribution in [0.1, 0.15) is 33.1 Å². The minimum Gasteiger partial charge on any atom is -0.497 e. The average Bonchev–Trinajstić information content (AvgIpc) is 3.70. The lowest BCUT2D eigenvalue weighted by molar-refractivity contribution is -0.122. The fourth-order valence-corrected chi connectivity index (χ4v) is 5.76. The molecule has 2 N–H and O–H groups in total. The van der Waals surface area contributed by atoms with Crippen molar-refractivity contribution >= 4 is 22.7 Å². The lowest BCUT2D eigenvalue weighted by Crippen LogP contribution is -2.39. The van der Waals surface area contributed by atoms with Gasteiger partial charge in [-0.25, -0.2) is 0 Å². The molecule has 0 radical (unpaired) electrons. The fourth-order valence-electron chi connectivity index (χ4n) is 5.76. The Balaban J connectivity index is 1.26. The highest BCUT2D eigenvalue weighted by atomic mass is 16.7. The van der Waals surface area contributed by atoms with E-state index in [2.05, 4.69) is 10.3 Å². The zero-order valence-electron chi connectivity index (χ0n) is 22.3. The van der Waals surface area contributed by atoms with Crippen LogP contribution in [0.5, 0.6) is 17.2 Å². The van der Waals surface area contributed by atoms with E-state index < -0.39 is 6.04 Å². The molecule has 8 heteroatoms. The molecule has 0 aliphatic carbocycles. The predicted molar refractivity (Wildman–Crippen MR) is 154 cm³/mol. The molecular weight excluding hydrogens is 518 g/mol. The van der Waals surface area contributed by atoms with E-state index >= 15 is 0 Å². The van der Waals surface area contributed by atoms with Crippen molar-refractivity contribution in [1.82, 2.24) is 15.2 Å². The monoisotopic (exact) mass is 545 g/mol. The fraction of sp³-hybridized carbons (Fsp3) is 0.152. The minimum absolute atomic E-state index is 0.0974. The van der Waals surface area contributed by atoms with Crippen LogP contribution in [-0.4, -0.2) is 42.1 Å². The van der Waals surface area contributed by atoms with Crippen molar-refractivity contribution in [2.24, 2.45) is 0 Å². The number of carbonyl (C=O) groups excluding carboxylic acids is 2.